The summed E-state index contributed by atoms with van der Waals surface area (Å²) in [6, 6.07) is 12.2. The maximum absolute atomic E-state index is 15.1. The molecule has 1 aromatic heterocycles. The minimum atomic E-state index is -5.08. The lowest BCUT2D eigenvalue weighted by atomic mass is 9.82. The van der Waals surface area contributed by atoms with Gasteiger partial charge in [0.2, 0.25) is 17.7 Å². The van der Waals surface area contributed by atoms with Crippen LogP contribution in [0.2, 0.25) is 0 Å². The number of hydrogen-bond acceptors (Lipinski definition) is 8. The van der Waals surface area contributed by atoms with E-state index in [2.05, 4.69) is 10.6 Å². The smallest absolute Gasteiger partial charge is 0.475 e. The number of aliphatic hydroxyl groups is 1. The summed E-state index contributed by atoms with van der Waals surface area (Å²) >= 11 is 0. The van der Waals surface area contributed by atoms with Gasteiger partial charge in [-0.25, -0.2) is 13.6 Å². The number of imide groups is 1. The van der Waals surface area contributed by atoms with Gasteiger partial charge >= 0.3 is 12.1 Å². The van der Waals surface area contributed by atoms with Crippen molar-refractivity contribution < 1.29 is 60.9 Å². The van der Waals surface area contributed by atoms with E-state index in [0.29, 0.717) is 37.1 Å². The van der Waals surface area contributed by atoms with Crippen molar-refractivity contribution in [3.05, 3.63) is 95.8 Å². The van der Waals surface area contributed by atoms with Gasteiger partial charge in [0, 0.05) is 67.4 Å². The van der Waals surface area contributed by atoms with E-state index in [4.69, 9.17) is 15.6 Å². The molecule has 0 saturated heterocycles. The molecule has 1 fully saturated rings. The Bertz CT molecular complexity index is 2080. The normalized spacial score (nSPS) is 17.4. The van der Waals surface area contributed by atoms with Crippen molar-refractivity contribution in [2.24, 2.45) is 17.1 Å². The van der Waals surface area contributed by atoms with Crippen LogP contribution in [0.1, 0.15) is 63.8 Å². The molecule has 14 nitrogen and oxygen atoms in total. The van der Waals surface area contributed by atoms with Crippen molar-refractivity contribution in [2.75, 3.05) is 26.2 Å². The number of rotatable bonds is 15. The maximum Gasteiger partial charge on any atom is 0.490 e. The van der Waals surface area contributed by atoms with E-state index < -0.39 is 83.5 Å². The lowest BCUT2D eigenvalue weighted by Gasteiger charge is -2.41. The number of aromatic nitrogens is 1. The van der Waals surface area contributed by atoms with E-state index in [1.54, 1.807) is 12.3 Å². The highest BCUT2D eigenvalue weighted by molar-refractivity contribution is 6.12. The number of aliphatic carboxylic acids is 1. The Kier molecular flexibility index (Phi) is 16.1. The number of nitrogens with two attached hydrogens (primary N) is 1. The molecule has 0 bridgehead atoms. The van der Waals surface area contributed by atoms with Gasteiger partial charge in [0.25, 0.3) is 11.8 Å². The molecule has 5 rings (SSSR count). The number of hydrogen-bond donors (Lipinski definition) is 5. The molecule has 2 aromatic carbocycles. The lowest BCUT2D eigenvalue weighted by molar-refractivity contribution is -0.192. The third-order valence-electron chi connectivity index (χ3n) is 10.2. The molecule has 0 radical (unpaired) electrons. The maximum atomic E-state index is 15.1. The van der Waals surface area contributed by atoms with Crippen LogP contribution in [-0.2, 0) is 35.3 Å². The second-order valence-corrected chi connectivity index (χ2v) is 15.7. The number of alkyl halides is 3. The van der Waals surface area contributed by atoms with Gasteiger partial charge in [-0.1, -0.05) is 57.5 Å². The Hall–Kier alpha value is -5.95. The molecular weight excluding hydrogens is 811 g/mol. The van der Waals surface area contributed by atoms with Crippen molar-refractivity contribution in [2.45, 2.75) is 77.3 Å². The van der Waals surface area contributed by atoms with Crippen LogP contribution in [0.25, 0.3) is 11.1 Å². The number of nitrogens with one attached hydrogen (secondary N) is 2. The van der Waals surface area contributed by atoms with E-state index in [9.17, 15) is 46.6 Å². The molecule has 0 spiro atoms. The molecule has 19 heteroatoms. The van der Waals surface area contributed by atoms with Gasteiger partial charge in [0.05, 0.1) is 18.0 Å². The monoisotopic (exact) mass is 860 g/mol. The highest BCUT2D eigenvalue weighted by atomic mass is 19.4. The molecule has 330 valence electrons. The van der Waals surface area contributed by atoms with Crippen molar-refractivity contribution in [1.29, 1.82) is 0 Å². The Morgan fingerprint density at radius 2 is 1.61 bits per heavy atom. The minimum absolute atomic E-state index is 0.0183. The summed E-state index contributed by atoms with van der Waals surface area (Å²) in [5.41, 5.74) is 7.75. The number of carbonyl (C=O) groups excluding carboxylic acids is 5. The van der Waals surface area contributed by atoms with Crippen molar-refractivity contribution in [1.82, 2.24) is 25.0 Å². The average Bonchev–Trinajstić information content (AvgIpc) is 3.92. The fourth-order valence-electron chi connectivity index (χ4n) is 7.32. The highest BCUT2D eigenvalue weighted by Gasteiger charge is 2.40. The molecule has 1 aliphatic carbocycles. The molecular formula is C42H49F5N6O8. The summed E-state index contributed by atoms with van der Waals surface area (Å²) in [4.78, 5) is 75.0. The van der Waals surface area contributed by atoms with Gasteiger partial charge in [-0.05, 0) is 54.5 Å². The zero-order valence-electron chi connectivity index (χ0n) is 33.8. The molecule has 3 aromatic rings. The summed E-state index contributed by atoms with van der Waals surface area (Å²) in [6.45, 7) is 5.40. The minimum Gasteiger partial charge on any atom is -0.475 e. The molecule has 1 saturated carbocycles. The number of nitrogens with zero attached hydrogens (tertiary/aromatic N) is 3. The Labute approximate surface area is 348 Å². The number of aliphatic hydroxyl groups excluding tert-OH is 1. The van der Waals surface area contributed by atoms with Crippen LogP contribution < -0.4 is 16.4 Å². The van der Waals surface area contributed by atoms with E-state index in [0.717, 1.165) is 28.7 Å². The standard InChI is InChI=1S/C40H48F2N6O6.C2HF3O2/c1-40(2,3)37(33-20-26(29-21-27(41)12-13-30(29)42)23-46(33)22-25-8-5-4-6-9-25)48(36(52)24-49)18-16-31(43)39(54)45-32-11-7-10-28(32)38(53)44-17-19-47-34(50)14-15-35(47)51;3-2(4,5)1(6)7/h4-6,8-9,12-15,20-21,23,28,31-32,37,49H,7,10-11,16-19,22,24,43H2,1-3H3,(H,44,53)(H,45,54);(H,6,7)/t28-,31+,32+,37+;/m1./s1. The highest BCUT2D eigenvalue weighted by Crippen LogP contribution is 2.41. The third-order valence-corrected chi connectivity index (χ3v) is 10.2. The second-order valence-electron chi connectivity index (χ2n) is 15.7. The van der Waals surface area contributed by atoms with Crippen LogP contribution in [-0.4, -0.2) is 105 Å². The van der Waals surface area contributed by atoms with Crippen LogP contribution in [0.3, 0.4) is 0 Å². The number of benzene rings is 2. The Morgan fingerprint density at radius 3 is 2.20 bits per heavy atom. The number of carboxylic acid groups (broad SMARTS) is 1. The van der Waals surface area contributed by atoms with E-state index in [-0.39, 0.29) is 37.5 Å². The number of carbonyl (C=O) groups is 6. The zero-order valence-corrected chi connectivity index (χ0v) is 33.8. The first-order valence-electron chi connectivity index (χ1n) is 19.4. The van der Waals surface area contributed by atoms with Gasteiger partial charge in [0.15, 0.2) is 0 Å². The summed E-state index contributed by atoms with van der Waals surface area (Å²) in [7, 11) is 0. The van der Waals surface area contributed by atoms with E-state index in [1.165, 1.54) is 17.1 Å². The van der Waals surface area contributed by atoms with Gasteiger partial charge < -0.3 is 36.0 Å². The van der Waals surface area contributed by atoms with Gasteiger partial charge in [-0.15, -0.1) is 0 Å². The van der Waals surface area contributed by atoms with Crippen LogP contribution in [0, 0.1) is 23.0 Å². The second kappa shape index (κ2) is 20.5. The Balaban J connectivity index is 0.00000107. The average molecular weight is 861 g/mol. The van der Waals surface area contributed by atoms with Crippen molar-refractivity contribution in [3.63, 3.8) is 0 Å². The van der Waals surface area contributed by atoms with Gasteiger partial charge in [-0.3, -0.25) is 28.9 Å². The summed E-state index contributed by atoms with van der Waals surface area (Å²) in [5, 5.41) is 22.9. The first kappa shape index (κ1) is 47.7. The van der Waals surface area contributed by atoms with Crippen molar-refractivity contribution >= 4 is 35.5 Å². The largest absolute Gasteiger partial charge is 0.490 e. The molecule has 6 N–H and O–H groups in total. The third kappa shape index (κ3) is 12.8. The molecule has 1 aliphatic heterocycles. The Morgan fingerprint density at radius 1 is 0.967 bits per heavy atom. The van der Waals surface area contributed by atoms with Crippen LogP contribution in [0.4, 0.5) is 22.0 Å². The molecule has 2 aliphatic rings. The van der Waals surface area contributed by atoms with Gasteiger partial charge in [0.1, 0.15) is 18.2 Å². The van der Waals surface area contributed by atoms with Gasteiger partial charge in [-0.2, -0.15) is 13.2 Å². The molecule has 4 atom stereocenters. The SMILES string of the molecule is CC(C)(C)[C@H](c1cc(-c2cc(F)ccc2F)cn1Cc1ccccc1)N(CC[C@H](N)C(=O)N[C@H]1CCC[C@H]1C(=O)NCCN1C(=O)C=CC1=O)C(=O)CO.O=C(O)C(F)(F)F. The number of halogens is 5. The molecule has 61 heavy (non-hydrogen) atoms. The first-order chi connectivity index (χ1) is 28.6. The van der Waals surface area contributed by atoms with Crippen LogP contribution in [0.15, 0.2) is 72.9 Å². The summed E-state index contributed by atoms with van der Waals surface area (Å²) in [5.74, 6) is -6.78. The zero-order chi connectivity index (χ0) is 45.2. The predicted molar refractivity (Wildman–Crippen MR) is 211 cm³/mol. The van der Waals surface area contributed by atoms with E-state index in [1.807, 2.05) is 55.7 Å². The van der Waals surface area contributed by atoms with E-state index >= 15 is 4.39 Å². The topological polar surface area (TPSA) is 204 Å². The summed E-state index contributed by atoms with van der Waals surface area (Å²) in [6.07, 6.45) is 0.788. The number of amides is 5. The first-order valence-corrected chi connectivity index (χ1v) is 19.4. The molecule has 0 unspecified atom stereocenters. The molecule has 5 amide bonds. The fourth-order valence-corrected chi connectivity index (χ4v) is 7.32. The predicted octanol–water partition coefficient (Wildman–Crippen LogP) is 4.07. The summed E-state index contributed by atoms with van der Waals surface area (Å²) < 4.78 is 63.0. The lowest BCUT2D eigenvalue weighted by Crippen LogP contribution is -2.51. The van der Waals surface area contributed by atoms with Crippen molar-refractivity contribution in [3.8, 4) is 11.1 Å². The van der Waals surface area contributed by atoms with Crippen LogP contribution in [0.5, 0.6) is 0 Å². The number of carboxylic acids is 1. The fraction of sp³-hybridized carbons (Fsp3) is 0.429. The van der Waals surface area contributed by atoms with Crippen LogP contribution >= 0.6 is 0 Å². The quantitative estimate of drug-likeness (QED) is 0.110. The molecule has 2 heterocycles.